The van der Waals surface area contributed by atoms with Crippen LogP contribution in [0.4, 0.5) is 0 Å². The number of carbonyl (C=O) groups excluding carboxylic acids is 2. The number of hydrogen-bond acceptors (Lipinski definition) is 5. The molecule has 0 radical (unpaired) electrons. The van der Waals surface area contributed by atoms with Crippen LogP contribution in [-0.2, 0) is 31.9 Å². The third kappa shape index (κ3) is 6.62. The van der Waals surface area contributed by atoms with Crippen molar-refractivity contribution >= 4 is 11.9 Å². The van der Waals surface area contributed by atoms with Crippen molar-refractivity contribution in [1.29, 1.82) is 0 Å². The van der Waals surface area contributed by atoms with Gasteiger partial charge in [-0.05, 0) is 11.1 Å². The summed E-state index contributed by atoms with van der Waals surface area (Å²) in [6.07, 6.45) is -0.757. The Kier molecular flexibility index (Phi) is 6.98. The third-order valence-electron chi connectivity index (χ3n) is 3.26. The molecule has 0 aliphatic heterocycles. The van der Waals surface area contributed by atoms with Gasteiger partial charge in [0.15, 0.2) is 0 Å². The molecule has 2 aromatic rings. The Labute approximate surface area is 140 Å². The highest BCUT2D eigenvalue weighted by atomic mass is 16.6. The van der Waals surface area contributed by atoms with Crippen molar-refractivity contribution < 1.29 is 24.2 Å². The fourth-order valence-electron chi connectivity index (χ4n) is 2.05. The molecule has 0 heterocycles. The summed E-state index contributed by atoms with van der Waals surface area (Å²) in [6.45, 7) is -0.408. The molecule has 5 nitrogen and oxygen atoms in total. The molecule has 2 rings (SSSR count). The summed E-state index contributed by atoms with van der Waals surface area (Å²) in [7, 11) is 0. The average molecular weight is 328 g/mol. The van der Waals surface area contributed by atoms with Crippen molar-refractivity contribution in [2.75, 3.05) is 13.2 Å². The van der Waals surface area contributed by atoms with Crippen molar-refractivity contribution in [3.63, 3.8) is 0 Å². The smallest absolute Gasteiger partial charge is 0.310 e. The van der Waals surface area contributed by atoms with E-state index in [-0.39, 0.29) is 26.1 Å². The van der Waals surface area contributed by atoms with E-state index in [4.69, 9.17) is 9.47 Å². The first kappa shape index (κ1) is 17.7. The fourth-order valence-corrected chi connectivity index (χ4v) is 2.05. The van der Waals surface area contributed by atoms with Gasteiger partial charge in [0.05, 0.1) is 12.8 Å². The molecule has 0 aromatic heterocycles. The number of ether oxygens (including phenoxy) is 2. The van der Waals surface area contributed by atoms with Crippen LogP contribution >= 0.6 is 0 Å². The van der Waals surface area contributed by atoms with Crippen LogP contribution in [0, 0.1) is 0 Å². The first-order valence-electron chi connectivity index (χ1n) is 7.70. The summed E-state index contributed by atoms with van der Waals surface area (Å²) in [4.78, 5) is 23.3. The van der Waals surface area contributed by atoms with E-state index in [1.807, 2.05) is 60.7 Å². The first-order chi connectivity index (χ1) is 11.6. The van der Waals surface area contributed by atoms with Crippen LogP contribution in [0.25, 0.3) is 0 Å². The summed E-state index contributed by atoms with van der Waals surface area (Å²) in [5, 5.41) is 9.72. The van der Waals surface area contributed by atoms with Crippen LogP contribution in [0.5, 0.6) is 0 Å². The highest BCUT2D eigenvalue weighted by molar-refractivity contribution is 5.73. The topological polar surface area (TPSA) is 72.8 Å². The number of aliphatic hydroxyl groups excluding tert-OH is 1. The zero-order valence-corrected chi connectivity index (χ0v) is 13.3. The van der Waals surface area contributed by atoms with Gasteiger partial charge in [0, 0.05) is 0 Å². The van der Waals surface area contributed by atoms with Crippen LogP contribution in [0.2, 0.25) is 0 Å². The zero-order valence-electron chi connectivity index (χ0n) is 13.3. The second-order valence-electron chi connectivity index (χ2n) is 5.34. The quantitative estimate of drug-likeness (QED) is 0.750. The molecule has 0 aliphatic carbocycles. The van der Waals surface area contributed by atoms with E-state index in [0.717, 1.165) is 11.1 Å². The third-order valence-corrected chi connectivity index (χ3v) is 3.26. The number of rotatable bonds is 8. The highest BCUT2D eigenvalue weighted by Gasteiger charge is 2.12. The molecule has 126 valence electrons. The van der Waals surface area contributed by atoms with E-state index in [1.165, 1.54) is 0 Å². The molecule has 0 spiro atoms. The molecular formula is C19H20O5. The summed E-state index contributed by atoms with van der Waals surface area (Å²) < 4.78 is 9.96. The van der Waals surface area contributed by atoms with Crippen LogP contribution in [-0.4, -0.2) is 36.4 Å². The highest BCUT2D eigenvalue weighted by Crippen LogP contribution is 2.03. The predicted molar refractivity (Wildman–Crippen MR) is 88.2 cm³/mol. The zero-order chi connectivity index (χ0) is 17.2. The normalized spacial score (nSPS) is 10.4. The van der Waals surface area contributed by atoms with Gasteiger partial charge in [0.1, 0.15) is 19.3 Å². The number of aliphatic hydroxyl groups is 1. The summed E-state index contributed by atoms with van der Waals surface area (Å²) in [6, 6.07) is 18.4. The van der Waals surface area contributed by atoms with Crippen molar-refractivity contribution in [3.05, 3.63) is 71.8 Å². The fraction of sp³-hybridized carbons (Fsp3) is 0.263. The second-order valence-corrected chi connectivity index (χ2v) is 5.34. The van der Waals surface area contributed by atoms with Gasteiger partial charge in [-0.15, -0.1) is 0 Å². The van der Waals surface area contributed by atoms with Gasteiger partial charge in [-0.1, -0.05) is 60.7 Å². The van der Waals surface area contributed by atoms with Crippen molar-refractivity contribution in [2.45, 2.75) is 18.9 Å². The van der Waals surface area contributed by atoms with Gasteiger partial charge in [0.25, 0.3) is 0 Å². The maximum absolute atomic E-state index is 11.7. The molecule has 5 heteroatoms. The maximum atomic E-state index is 11.7. The minimum Gasteiger partial charge on any atom is -0.463 e. The Hall–Kier alpha value is -2.66. The molecular weight excluding hydrogens is 308 g/mol. The molecule has 0 amide bonds. The minimum atomic E-state index is -1.04. The molecule has 0 atom stereocenters. The Morgan fingerprint density at radius 3 is 1.50 bits per heavy atom. The predicted octanol–water partition coefficient (Wildman–Crippen LogP) is 1.92. The summed E-state index contributed by atoms with van der Waals surface area (Å²) >= 11 is 0. The van der Waals surface area contributed by atoms with E-state index < -0.39 is 18.0 Å². The molecule has 0 saturated heterocycles. The molecule has 0 bridgehead atoms. The Morgan fingerprint density at radius 1 is 0.750 bits per heavy atom. The van der Waals surface area contributed by atoms with Crippen LogP contribution in [0.3, 0.4) is 0 Å². The van der Waals surface area contributed by atoms with Crippen LogP contribution in [0.15, 0.2) is 60.7 Å². The molecule has 0 unspecified atom stereocenters. The lowest BCUT2D eigenvalue weighted by atomic mass is 10.1. The Balaban J connectivity index is 1.63. The number of carbonyl (C=O) groups is 2. The van der Waals surface area contributed by atoms with Gasteiger partial charge < -0.3 is 14.6 Å². The summed E-state index contributed by atoms with van der Waals surface area (Å²) in [5.41, 5.74) is 1.68. The number of benzene rings is 2. The first-order valence-corrected chi connectivity index (χ1v) is 7.70. The van der Waals surface area contributed by atoms with E-state index >= 15 is 0 Å². The lowest BCUT2D eigenvalue weighted by molar-refractivity contribution is -0.151. The SMILES string of the molecule is O=C(Cc1ccccc1)OCC(O)COC(=O)Cc1ccccc1. The molecule has 24 heavy (non-hydrogen) atoms. The van der Waals surface area contributed by atoms with Gasteiger partial charge in [-0.2, -0.15) is 0 Å². The van der Waals surface area contributed by atoms with E-state index in [1.54, 1.807) is 0 Å². The molecule has 1 N–H and O–H groups in total. The second kappa shape index (κ2) is 9.47. The molecule has 0 saturated carbocycles. The standard InChI is InChI=1S/C19H20O5/c20-17(13-23-18(21)11-15-7-3-1-4-8-15)14-24-19(22)12-16-9-5-2-6-10-16/h1-10,17,20H,11-14H2. The van der Waals surface area contributed by atoms with Crippen LogP contribution < -0.4 is 0 Å². The van der Waals surface area contributed by atoms with Crippen molar-refractivity contribution in [2.24, 2.45) is 0 Å². The van der Waals surface area contributed by atoms with Gasteiger partial charge in [-0.3, -0.25) is 9.59 Å². The minimum absolute atomic E-state index is 0.140. The van der Waals surface area contributed by atoms with Crippen LogP contribution in [0.1, 0.15) is 11.1 Å². The lowest BCUT2D eigenvalue weighted by Crippen LogP contribution is -2.26. The molecule has 0 fully saturated rings. The van der Waals surface area contributed by atoms with Crippen molar-refractivity contribution in [3.8, 4) is 0 Å². The number of esters is 2. The van der Waals surface area contributed by atoms with E-state index in [9.17, 15) is 14.7 Å². The van der Waals surface area contributed by atoms with Gasteiger partial charge in [0.2, 0.25) is 0 Å². The largest absolute Gasteiger partial charge is 0.463 e. The Morgan fingerprint density at radius 2 is 1.12 bits per heavy atom. The molecule has 2 aromatic carbocycles. The van der Waals surface area contributed by atoms with Crippen molar-refractivity contribution in [1.82, 2.24) is 0 Å². The summed E-state index contributed by atoms with van der Waals surface area (Å²) in [5.74, 6) is -0.869. The lowest BCUT2D eigenvalue weighted by Gasteiger charge is -2.12. The number of hydrogen-bond donors (Lipinski definition) is 1. The maximum Gasteiger partial charge on any atom is 0.310 e. The van der Waals surface area contributed by atoms with E-state index in [0.29, 0.717) is 0 Å². The van der Waals surface area contributed by atoms with Gasteiger partial charge in [-0.25, -0.2) is 0 Å². The molecule has 0 aliphatic rings. The average Bonchev–Trinajstić information content (AvgIpc) is 2.60. The monoisotopic (exact) mass is 328 g/mol. The van der Waals surface area contributed by atoms with Gasteiger partial charge >= 0.3 is 11.9 Å². The Bertz CT molecular complexity index is 582. The van der Waals surface area contributed by atoms with E-state index in [2.05, 4.69) is 0 Å².